The molecule has 0 saturated carbocycles. The molecule has 0 radical (unpaired) electrons. The molecule has 21 heavy (non-hydrogen) atoms. The second kappa shape index (κ2) is 8.77. The Labute approximate surface area is 125 Å². The van der Waals surface area contributed by atoms with E-state index < -0.39 is 12.1 Å². The van der Waals surface area contributed by atoms with Gasteiger partial charge in [0.2, 0.25) is 0 Å². The van der Waals surface area contributed by atoms with Crippen molar-refractivity contribution in [2.75, 3.05) is 20.3 Å². The van der Waals surface area contributed by atoms with E-state index in [4.69, 9.17) is 9.47 Å². The largest absolute Gasteiger partial charge is 0.456 e. The standard InChI is InChI=1S/C16H24O5/c1-11(9-17)15(20-3)12(2)14(10-18)21-16(19)13-7-5-4-6-8-13/h4-8,11-12,14-15,17-18H,9-10H2,1-3H3/t11-,12-,14-,15-/m1/s1. The number of carbonyl (C=O) groups is 1. The molecule has 4 atom stereocenters. The maximum Gasteiger partial charge on any atom is 0.338 e. The van der Waals surface area contributed by atoms with Gasteiger partial charge in [-0.25, -0.2) is 4.79 Å². The van der Waals surface area contributed by atoms with Crippen LogP contribution in [0.3, 0.4) is 0 Å². The van der Waals surface area contributed by atoms with Crippen LogP contribution in [0, 0.1) is 11.8 Å². The quantitative estimate of drug-likeness (QED) is 0.711. The van der Waals surface area contributed by atoms with Crippen molar-refractivity contribution in [3.8, 4) is 0 Å². The minimum Gasteiger partial charge on any atom is -0.456 e. The molecule has 0 aliphatic heterocycles. The Morgan fingerprint density at radius 1 is 1.14 bits per heavy atom. The Hall–Kier alpha value is -1.43. The molecule has 5 heteroatoms. The maximum atomic E-state index is 12.0. The SMILES string of the molecule is CO[C@@H]([C@H](C)[C@@H](CO)OC(=O)c1ccccc1)[C@H](C)CO. The lowest BCUT2D eigenvalue weighted by atomic mass is 9.89. The van der Waals surface area contributed by atoms with Crippen LogP contribution < -0.4 is 0 Å². The van der Waals surface area contributed by atoms with E-state index >= 15 is 0 Å². The molecular formula is C16H24O5. The van der Waals surface area contributed by atoms with Crippen molar-refractivity contribution in [1.29, 1.82) is 0 Å². The first-order valence-electron chi connectivity index (χ1n) is 7.05. The van der Waals surface area contributed by atoms with Crippen molar-refractivity contribution in [2.24, 2.45) is 11.8 Å². The number of methoxy groups -OCH3 is 1. The Morgan fingerprint density at radius 2 is 1.76 bits per heavy atom. The smallest absolute Gasteiger partial charge is 0.338 e. The highest BCUT2D eigenvalue weighted by atomic mass is 16.6. The molecule has 0 aliphatic carbocycles. The van der Waals surface area contributed by atoms with Gasteiger partial charge < -0.3 is 19.7 Å². The van der Waals surface area contributed by atoms with Crippen LogP contribution in [0.4, 0.5) is 0 Å². The van der Waals surface area contributed by atoms with E-state index in [0.717, 1.165) is 0 Å². The van der Waals surface area contributed by atoms with Gasteiger partial charge in [-0.3, -0.25) is 0 Å². The lowest BCUT2D eigenvalue weighted by molar-refractivity contribution is -0.0684. The van der Waals surface area contributed by atoms with Gasteiger partial charge >= 0.3 is 5.97 Å². The molecule has 118 valence electrons. The minimum absolute atomic E-state index is 0.0341. The van der Waals surface area contributed by atoms with Crippen molar-refractivity contribution in [3.05, 3.63) is 35.9 Å². The summed E-state index contributed by atoms with van der Waals surface area (Å²) in [6.45, 7) is 3.35. The predicted octanol–water partition coefficient (Wildman–Crippen LogP) is 1.48. The Bertz CT molecular complexity index is 420. The van der Waals surface area contributed by atoms with Crippen LogP contribution in [-0.4, -0.2) is 48.7 Å². The van der Waals surface area contributed by atoms with E-state index in [-0.39, 0.29) is 31.2 Å². The second-order valence-corrected chi connectivity index (χ2v) is 5.21. The van der Waals surface area contributed by atoms with E-state index in [9.17, 15) is 15.0 Å². The van der Waals surface area contributed by atoms with Gasteiger partial charge in [0.25, 0.3) is 0 Å². The van der Waals surface area contributed by atoms with Gasteiger partial charge in [-0.2, -0.15) is 0 Å². The lowest BCUT2D eigenvalue weighted by Gasteiger charge is -2.32. The van der Waals surface area contributed by atoms with E-state index in [1.807, 2.05) is 19.9 Å². The van der Waals surface area contributed by atoms with Crippen LogP contribution in [0.25, 0.3) is 0 Å². The van der Waals surface area contributed by atoms with Gasteiger partial charge in [0.15, 0.2) is 0 Å². The summed E-state index contributed by atoms with van der Waals surface area (Å²) in [5, 5.41) is 18.7. The zero-order valence-corrected chi connectivity index (χ0v) is 12.7. The molecule has 0 aromatic heterocycles. The van der Waals surface area contributed by atoms with Crippen LogP contribution in [-0.2, 0) is 9.47 Å². The summed E-state index contributed by atoms with van der Waals surface area (Å²) in [5.74, 6) is -0.836. The number of aliphatic hydroxyl groups excluding tert-OH is 2. The molecule has 1 rings (SSSR count). The maximum absolute atomic E-state index is 12.0. The summed E-state index contributed by atoms with van der Waals surface area (Å²) in [7, 11) is 1.54. The first-order chi connectivity index (χ1) is 10.0. The van der Waals surface area contributed by atoms with Gasteiger partial charge in [0, 0.05) is 25.6 Å². The normalized spacial score (nSPS) is 16.8. The Kier molecular flexibility index (Phi) is 7.36. The zero-order valence-electron chi connectivity index (χ0n) is 12.7. The summed E-state index contributed by atoms with van der Waals surface area (Å²) in [6, 6.07) is 8.63. The van der Waals surface area contributed by atoms with Crippen molar-refractivity contribution in [1.82, 2.24) is 0 Å². The molecule has 0 spiro atoms. The van der Waals surface area contributed by atoms with E-state index in [1.165, 1.54) is 0 Å². The number of benzene rings is 1. The molecular weight excluding hydrogens is 272 g/mol. The molecule has 0 aliphatic rings. The highest BCUT2D eigenvalue weighted by Crippen LogP contribution is 2.22. The second-order valence-electron chi connectivity index (χ2n) is 5.21. The molecule has 0 saturated heterocycles. The molecule has 0 bridgehead atoms. The molecule has 0 fully saturated rings. The fourth-order valence-electron chi connectivity index (χ4n) is 2.37. The predicted molar refractivity (Wildman–Crippen MR) is 78.9 cm³/mol. The van der Waals surface area contributed by atoms with E-state index in [2.05, 4.69) is 0 Å². The van der Waals surface area contributed by atoms with Crippen LogP contribution in [0.1, 0.15) is 24.2 Å². The fourth-order valence-corrected chi connectivity index (χ4v) is 2.37. The van der Waals surface area contributed by atoms with Gasteiger partial charge in [-0.05, 0) is 12.1 Å². The number of rotatable bonds is 8. The number of ether oxygens (including phenoxy) is 2. The zero-order chi connectivity index (χ0) is 15.8. The van der Waals surface area contributed by atoms with Gasteiger partial charge in [0.1, 0.15) is 6.10 Å². The molecule has 0 heterocycles. The summed E-state index contributed by atoms with van der Waals surface area (Å²) in [5.41, 5.74) is 0.437. The van der Waals surface area contributed by atoms with Crippen LogP contribution in [0.15, 0.2) is 30.3 Å². The summed E-state index contributed by atoms with van der Waals surface area (Å²) < 4.78 is 10.7. The molecule has 0 amide bonds. The number of esters is 1. The third-order valence-electron chi connectivity index (χ3n) is 3.67. The first kappa shape index (κ1) is 17.6. The third kappa shape index (κ3) is 4.81. The lowest BCUT2D eigenvalue weighted by Crippen LogP contribution is -2.41. The van der Waals surface area contributed by atoms with Crippen LogP contribution in [0.2, 0.25) is 0 Å². The van der Waals surface area contributed by atoms with Gasteiger partial charge in [0.05, 0.1) is 18.3 Å². The molecule has 2 N–H and O–H groups in total. The fraction of sp³-hybridized carbons (Fsp3) is 0.562. The van der Waals surface area contributed by atoms with Crippen LogP contribution >= 0.6 is 0 Å². The first-order valence-corrected chi connectivity index (χ1v) is 7.05. The highest BCUT2D eigenvalue weighted by Gasteiger charge is 2.31. The number of hydrogen-bond donors (Lipinski definition) is 2. The third-order valence-corrected chi connectivity index (χ3v) is 3.67. The van der Waals surface area contributed by atoms with Gasteiger partial charge in [-0.15, -0.1) is 0 Å². The van der Waals surface area contributed by atoms with E-state index in [1.54, 1.807) is 31.4 Å². The number of carbonyl (C=O) groups excluding carboxylic acids is 1. The average Bonchev–Trinajstić information content (AvgIpc) is 2.53. The van der Waals surface area contributed by atoms with Crippen molar-refractivity contribution in [3.63, 3.8) is 0 Å². The number of aliphatic hydroxyl groups is 2. The molecule has 0 unspecified atom stereocenters. The molecule has 1 aromatic carbocycles. The Morgan fingerprint density at radius 3 is 2.24 bits per heavy atom. The summed E-state index contributed by atoms with van der Waals surface area (Å²) in [6.07, 6.45) is -0.993. The molecule has 1 aromatic rings. The highest BCUT2D eigenvalue weighted by molar-refractivity contribution is 5.89. The van der Waals surface area contributed by atoms with E-state index in [0.29, 0.717) is 5.56 Å². The van der Waals surface area contributed by atoms with Crippen molar-refractivity contribution in [2.45, 2.75) is 26.1 Å². The molecule has 5 nitrogen and oxygen atoms in total. The average molecular weight is 296 g/mol. The van der Waals surface area contributed by atoms with Crippen LogP contribution in [0.5, 0.6) is 0 Å². The summed E-state index contributed by atoms with van der Waals surface area (Å²) >= 11 is 0. The van der Waals surface area contributed by atoms with Crippen molar-refractivity contribution >= 4 is 5.97 Å². The number of hydrogen-bond acceptors (Lipinski definition) is 5. The monoisotopic (exact) mass is 296 g/mol. The van der Waals surface area contributed by atoms with Gasteiger partial charge in [-0.1, -0.05) is 32.0 Å². The minimum atomic E-state index is -0.684. The Balaban J connectivity index is 2.75. The summed E-state index contributed by atoms with van der Waals surface area (Å²) in [4.78, 5) is 12.0. The topological polar surface area (TPSA) is 76.0 Å². The van der Waals surface area contributed by atoms with Crippen molar-refractivity contribution < 1.29 is 24.5 Å².